The first kappa shape index (κ1) is 31.4. The first-order valence-corrected chi connectivity index (χ1v) is 12.0. The molecular weight excluding hydrogens is 468 g/mol. The van der Waals surface area contributed by atoms with Gasteiger partial charge in [-0.2, -0.15) is 0 Å². The molecule has 0 aromatic rings. The van der Waals surface area contributed by atoms with Crippen LogP contribution in [0.5, 0.6) is 0 Å². The molecule has 5 atom stereocenters. The Morgan fingerprint density at radius 2 is 1.69 bits per heavy atom. The third kappa shape index (κ3) is 9.13. The number of aliphatic hydroxyl groups excluding tert-OH is 4. The van der Waals surface area contributed by atoms with Crippen molar-refractivity contribution in [3.05, 3.63) is 47.6 Å². The van der Waals surface area contributed by atoms with E-state index in [1.165, 1.54) is 0 Å². The van der Waals surface area contributed by atoms with Crippen LogP contribution in [0, 0.1) is 5.41 Å². The normalized spacial score (nSPS) is 21.6. The lowest BCUT2D eigenvalue weighted by atomic mass is 9.71. The predicted octanol–water partition coefficient (Wildman–Crippen LogP) is 2.08. The summed E-state index contributed by atoms with van der Waals surface area (Å²) in [5.41, 5.74) is 1.91. The van der Waals surface area contributed by atoms with Gasteiger partial charge in [-0.05, 0) is 36.8 Å². The Kier molecular flexibility index (Phi) is 12.4. The van der Waals surface area contributed by atoms with E-state index in [4.69, 9.17) is 9.47 Å². The van der Waals surface area contributed by atoms with E-state index in [2.05, 4.69) is 6.58 Å². The van der Waals surface area contributed by atoms with E-state index in [9.17, 15) is 34.8 Å². The molecule has 0 saturated heterocycles. The quantitative estimate of drug-likeness (QED) is 0.216. The number of allylic oxidation sites excluding steroid dienone is 6. The molecule has 9 heteroatoms. The maximum Gasteiger partial charge on any atom is 0.307 e. The minimum atomic E-state index is -1.71. The summed E-state index contributed by atoms with van der Waals surface area (Å²) in [7, 11) is 0. The van der Waals surface area contributed by atoms with Crippen LogP contribution in [0.2, 0.25) is 0 Å². The SMILES string of the molecule is C=C/C=C(C)/C=C/C1=C(C)C(=O)C(OC(=O)CCC(=O)OCC(O)C(O)C(O)C(O)CC)CC1(C)C. The van der Waals surface area contributed by atoms with Crippen LogP contribution < -0.4 is 0 Å². The fraction of sp³-hybridized carbons (Fsp3) is 0.593. The van der Waals surface area contributed by atoms with Gasteiger partial charge in [0.2, 0.25) is 0 Å². The number of Topliss-reactive ketones (excluding diaryl/α,β-unsaturated/α-hetero) is 1. The van der Waals surface area contributed by atoms with E-state index >= 15 is 0 Å². The number of aliphatic hydroxyl groups is 4. The Morgan fingerprint density at radius 3 is 2.28 bits per heavy atom. The highest BCUT2D eigenvalue weighted by Crippen LogP contribution is 2.40. The van der Waals surface area contributed by atoms with E-state index in [0.717, 1.165) is 11.1 Å². The number of ether oxygens (including phenoxy) is 2. The largest absolute Gasteiger partial charge is 0.463 e. The minimum absolute atomic E-state index is 0.160. The Morgan fingerprint density at radius 1 is 1.11 bits per heavy atom. The molecule has 0 heterocycles. The molecule has 1 aliphatic rings. The second-order valence-electron chi connectivity index (χ2n) is 9.66. The van der Waals surface area contributed by atoms with Gasteiger partial charge in [0.05, 0.1) is 18.9 Å². The van der Waals surface area contributed by atoms with Crippen LogP contribution in [0.15, 0.2) is 47.6 Å². The Bertz CT molecular complexity index is 897. The van der Waals surface area contributed by atoms with E-state index in [1.807, 2.05) is 39.0 Å². The van der Waals surface area contributed by atoms with E-state index in [-0.39, 0.29) is 25.0 Å². The second-order valence-corrected chi connectivity index (χ2v) is 9.66. The van der Waals surface area contributed by atoms with Crippen LogP contribution in [0.25, 0.3) is 0 Å². The molecule has 9 nitrogen and oxygen atoms in total. The molecule has 1 aliphatic carbocycles. The molecule has 202 valence electrons. The number of esters is 2. The summed E-state index contributed by atoms with van der Waals surface area (Å²) >= 11 is 0. The Hall–Kier alpha value is -2.59. The summed E-state index contributed by atoms with van der Waals surface area (Å²) in [5, 5.41) is 38.9. The monoisotopic (exact) mass is 508 g/mol. The summed E-state index contributed by atoms with van der Waals surface area (Å²) in [4.78, 5) is 37.1. The van der Waals surface area contributed by atoms with Crippen LogP contribution in [0.4, 0.5) is 0 Å². The summed E-state index contributed by atoms with van der Waals surface area (Å²) in [5.74, 6) is -1.86. The molecular formula is C27H40O9. The highest BCUT2D eigenvalue weighted by Gasteiger charge is 2.40. The van der Waals surface area contributed by atoms with E-state index < -0.39 is 54.5 Å². The van der Waals surface area contributed by atoms with Crippen LogP contribution in [-0.4, -0.2) is 75.3 Å². The number of carbonyl (C=O) groups excluding carboxylic acids is 3. The lowest BCUT2D eigenvalue weighted by Gasteiger charge is -2.36. The fourth-order valence-corrected chi connectivity index (χ4v) is 3.92. The van der Waals surface area contributed by atoms with Gasteiger partial charge in [0.25, 0.3) is 0 Å². The molecule has 0 spiro atoms. The van der Waals surface area contributed by atoms with Gasteiger partial charge in [-0.15, -0.1) is 0 Å². The van der Waals surface area contributed by atoms with Crippen molar-refractivity contribution in [3.63, 3.8) is 0 Å². The standard InChI is InChI=1S/C27H40O9/c1-7-9-16(3)10-11-18-17(4)24(32)21(14-27(18,5)6)36-23(31)13-12-22(30)35-15-20(29)26(34)25(33)19(28)8-2/h7,9-11,19-21,25-26,28-29,33-34H,1,8,12-15H2,2-6H3/b11-10+,16-9+. The highest BCUT2D eigenvalue weighted by atomic mass is 16.6. The number of carbonyl (C=O) groups is 3. The van der Waals surface area contributed by atoms with E-state index in [1.54, 1.807) is 19.9 Å². The van der Waals surface area contributed by atoms with Crippen LogP contribution >= 0.6 is 0 Å². The third-order valence-electron chi connectivity index (χ3n) is 6.16. The van der Waals surface area contributed by atoms with Crippen molar-refractivity contribution < 1.29 is 44.3 Å². The lowest BCUT2D eigenvalue weighted by molar-refractivity contribution is -0.161. The van der Waals surface area contributed by atoms with Crippen molar-refractivity contribution in [1.82, 2.24) is 0 Å². The zero-order chi connectivity index (χ0) is 27.6. The molecule has 0 aromatic heterocycles. The van der Waals surface area contributed by atoms with Gasteiger partial charge >= 0.3 is 11.9 Å². The molecule has 5 unspecified atom stereocenters. The fourth-order valence-electron chi connectivity index (χ4n) is 3.92. The zero-order valence-corrected chi connectivity index (χ0v) is 21.8. The topological polar surface area (TPSA) is 151 Å². The highest BCUT2D eigenvalue weighted by molar-refractivity contribution is 6.01. The number of ketones is 1. The molecule has 36 heavy (non-hydrogen) atoms. The van der Waals surface area contributed by atoms with Crippen LogP contribution in [-0.2, 0) is 23.9 Å². The minimum Gasteiger partial charge on any atom is -0.463 e. The number of rotatable bonds is 13. The van der Waals surface area contributed by atoms with Crippen molar-refractivity contribution in [2.24, 2.45) is 5.41 Å². The third-order valence-corrected chi connectivity index (χ3v) is 6.16. The van der Waals surface area contributed by atoms with Crippen molar-refractivity contribution in [2.45, 2.75) is 90.8 Å². The van der Waals surface area contributed by atoms with E-state index in [0.29, 0.717) is 12.0 Å². The summed E-state index contributed by atoms with van der Waals surface area (Å²) in [6.45, 7) is 12.2. The van der Waals surface area contributed by atoms with Gasteiger partial charge in [-0.25, -0.2) is 0 Å². The average molecular weight is 509 g/mol. The van der Waals surface area contributed by atoms with Gasteiger partial charge in [0.1, 0.15) is 24.9 Å². The molecule has 0 amide bonds. The summed E-state index contributed by atoms with van der Waals surface area (Å²) in [6, 6.07) is 0. The van der Waals surface area contributed by atoms with Crippen LogP contribution in [0.3, 0.4) is 0 Å². The molecule has 0 bridgehead atoms. The summed E-state index contributed by atoms with van der Waals surface area (Å²) < 4.78 is 10.2. The molecule has 0 aromatic carbocycles. The zero-order valence-electron chi connectivity index (χ0n) is 21.8. The lowest BCUT2D eigenvalue weighted by Crippen LogP contribution is -2.46. The van der Waals surface area contributed by atoms with Gasteiger partial charge in [0.15, 0.2) is 11.9 Å². The van der Waals surface area contributed by atoms with Gasteiger partial charge in [0, 0.05) is 6.42 Å². The van der Waals surface area contributed by atoms with Crippen molar-refractivity contribution >= 4 is 17.7 Å². The first-order valence-electron chi connectivity index (χ1n) is 12.0. The number of hydrogen-bond donors (Lipinski definition) is 4. The first-order chi connectivity index (χ1) is 16.7. The average Bonchev–Trinajstić information content (AvgIpc) is 2.82. The summed E-state index contributed by atoms with van der Waals surface area (Å²) in [6.07, 6.45) is -0.0516. The van der Waals surface area contributed by atoms with Crippen molar-refractivity contribution in [3.8, 4) is 0 Å². The Balaban J connectivity index is 2.64. The predicted molar refractivity (Wildman–Crippen MR) is 134 cm³/mol. The van der Waals surface area contributed by atoms with Crippen LogP contribution in [0.1, 0.15) is 60.3 Å². The van der Waals surface area contributed by atoms with Gasteiger partial charge in [-0.1, -0.05) is 57.2 Å². The second kappa shape index (κ2) is 14.2. The number of hydrogen-bond acceptors (Lipinski definition) is 9. The maximum atomic E-state index is 12.9. The Labute approximate surface area is 212 Å². The molecule has 1 rings (SSSR count). The van der Waals surface area contributed by atoms with Crippen molar-refractivity contribution in [1.29, 1.82) is 0 Å². The maximum absolute atomic E-state index is 12.9. The van der Waals surface area contributed by atoms with Crippen molar-refractivity contribution in [2.75, 3.05) is 6.61 Å². The molecule has 4 N–H and O–H groups in total. The smallest absolute Gasteiger partial charge is 0.307 e. The molecule has 0 aliphatic heterocycles. The molecule has 0 saturated carbocycles. The molecule has 0 radical (unpaired) electrons. The molecule has 0 fully saturated rings. The van der Waals surface area contributed by atoms with Gasteiger partial charge in [-0.3, -0.25) is 14.4 Å². The van der Waals surface area contributed by atoms with Gasteiger partial charge < -0.3 is 29.9 Å².